The van der Waals surface area contributed by atoms with Crippen molar-refractivity contribution >= 4 is 0 Å². The number of H-pyrrole nitrogens is 1. The van der Waals surface area contributed by atoms with Crippen LogP contribution in [0.3, 0.4) is 0 Å². The number of imidazole rings is 1. The van der Waals surface area contributed by atoms with Gasteiger partial charge in [-0.05, 0) is 44.1 Å². The summed E-state index contributed by atoms with van der Waals surface area (Å²) in [5.41, 5.74) is -3.01. The molecule has 1 fully saturated rings. The lowest BCUT2D eigenvalue weighted by molar-refractivity contribution is -0.143. The van der Waals surface area contributed by atoms with Gasteiger partial charge in [0.1, 0.15) is 5.82 Å². The van der Waals surface area contributed by atoms with Crippen LogP contribution in [0.5, 0.6) is 0 Å². The van der Waals surface area contributed by atoms with Crippen LogP contribution in [0.15, 0.2) is 30.6 Å². The third kappa shape index (κ3) is 4.98. The lowest BCUT2D eigenvalue weighted by atomic mass is 10.0. The summed E-state index contributed by atoms with van der Waals surface area (Å²) in [5, 5.41) is 3.22. The van der Waals surface area contributed by atoms with Gasteiger partial charge in [-0.15, -0.1) is 0 Å². The lowest BCUT2D eigenvalue weighted by Crippen LogP contribution is -2.11. The molecular formula is C15H15F6N3. The van der Waals surface area contributed by atoms with Gasteiger partial charge in [0.05, 0.1) is 11.1 Å². The highest BCUT2D eigenvalue weighted by Crippen LogP contribution is 2.37. The molecule has 1 aliphatic heterocycles. The number of aromatic amines is 1. The molecule has 1 saturated heterocycles. The second-order valence-electron chi connectivity index (χ2n) is 5.19. The number of hydrogen-bond acceptors (Lipinski definition) is 2. The highest BCUT2D eigenvalue weighted by molar-refractivity contribution is 5.58. The summed E-state index contributed by atoms with van der Waals surface area (Å²) in [4.78, 5) is 6.11. The topological polar surface area (TPSA) is 40.7 Å². The summed E-state index contributed by atoms with van der Waals surface area (Å²) in [6.45, 7) is 2.50. The minimum absolute atomic E-state index is 0.0587. The lowest BCUT2D eigenvalue weighted by Gasteiger charge is -2.13. The van der Waals surface area contributed by atoms with Gasteiger partial charge in [-0.1, -0.05) is 0 Å². The molecule has 2 heterocycles. The first kappa shape index (κ1) is 18.3. The Kier molecular flexibility index (Phi) is 5.53. The van der Waals surface area contributed by atoms with Crippen molar-refractivity contribution in [1.29, 1.82) is 0 Å². The summed E-state index contributed by atoms with van der Waals surface area (Å²) in [5.74, 6) is -0.0587. The molecule has 0 bridgehead atoms. The van der Waals surface area contributed by atoms with E-state index in [1.165, 1.54) is 38.3 Å². The molecule has 0 aliphatic carbocycles. The molecule has 2 aromatic rings. The van der Waals surface area contributed by atoms with Crippen LogP contribution in [-0.4, -0.2) is 23.1 Å². The van der Waals surface area contributed by atoms with Crippen molar-refractivity contribution < 1.29 is 26.3 Å². The predicted octanol–water partition coefficient (Wildman–Crippen LogP) is 4.48. The zero-order valence-electron chi connectivity index (χ0n) is 12.4. The minimum Gasteiger partial charge on any atom is -0.345 e. The van der Waals surface area contributed by atoms with E-state index < -0.39 is 23.5 Å². The number of aromatic nitrogens is 2. The number of halogens is 6. The third-order valence-electron chi connectivity index (χ3n) is 3.32. The zero-order valence-corrected chi connectivity index (χ0v) is 12.4. The van der Waals surface area contributed by atoms with Crippen molar-refractivity contribution in [3.8, 4) is 11.4 Å². The van der Waals surface area contributed by atoms with E-state index in [2.05, 4.69) is 15.3 Å². The summed E-state index contributed by atoms with van der Waals surface area (Å²) < 4.78 is 75.5. The van der Waals surface area contributed by atoms with E-state index in [1.54, 1.807) is 0 Å². The largest absolute Gasteiger partial charge is 0.416 e. The first-order valence-corrected chi connectivity index (χ1v) is 7.18. The monoisotopic (exact) mass is 351 g/mol. The Morgan fingerprint density at radius 1 is 0.833 bits per heavy atom. The van der Waals surface area contributed by atoms with Gasteiger partial charge in [0.15, 0.2) is 0 Å². The van der Waals surface area contributed by atoms with Gasteiger partial charge < -0.3 is 10.3 Å². The Labute approximate surface area is 134 Å². The number of benzene rings is 1. The molecule has 1 aliphatic rings. The first-order chi connectivity index (χ1) is 11.2. The molecular weight excluding hydrogens is 336 g/mol. The predicted molar refractivity (Wildman–Crippen MR) is 76.1 cm³/mol. The van der Waals surface area contributed by atoms with Gasteiger partial charge in [-0.25, -0.2) is 4.98 Å². The third-order valence-corrected chi connectivity index (χ3v) is 3.32. The van der Waals surface area contributed by atoms with E-state index in [4.69, 9.17) is 0 Å². The molecule has 0 amide bonds. The van der Waals surface area contributed by atoms with Crippen LogP contribution in [0.25, 0.3) is 11.4 Å². The number of alkyl halides is 6. The van der Waals surface area contributed by atoms with E-state index in [9.17, 15) is 26.3 Å². The fourth-order valence-corrected chi connectivity index (χ4v) is 2.14. The van der Waals surface area contributed by atoms with Gasteiger partial charge in [-0.2, -0.15) is 26.3 Å². The Balaban J connectivity index is 0.000000355. The maximum Gasteiger partial charge on any atom is 0.416 e. The Morgan fingerprint density at radius 3 is 1.71 bits per heavy atom. The van der Waals surface area contributed by atoms with Crippen molar-refractivity contribution in [2.24, 2.45) is 0 Å². The average Bonchev–Trinajstić information content (AvgIpc) is 3.21. The molecule has 0 saturated carbocycles. The van der Waals surface area contributed by atoms with E-state index in [-0.39, 0.29) is 17.5 Å². The molecule has 0 spiro atoms. The molecule has 132 valence electrons. The maximum atomic E-state index is 12.6. The molecule has 1 aromatic heterocycles. The fraction of sp³-hybridized carbons (Fsp3) is 0.400. The molecule has 24 heavy (non-hydrogen) atoms. The van der Waals surface area contributed by atoms with Crippen LogP contribution in [0.4, 0.5) is 26.3 Å². The minimum atomic E-state index is -4.86. The van der Waals surface area contributed by atoms with Gasteiger partial charge in [0.25, 0.3) is 0 Å². The average molecular weight is 351 g/mol. The molecule has 0 atom stereocenters. The van der Waals surface area contributed by atoms with Crippen LogP contribution < -0.4 is 5.32 Å². The summed E-state index contributed by atoms with van der Waals surface area (Å²) in [6.07, 6.45) is -4.39. The standard InChI is InChI=1S/C11H6F6N2.C4H9N/c12-10(13,14)7-3-6(9-18-1-2-19-9)4-8(5-7)11(15,16)17;1-2-4-5-3-1/h1-5H,(H,18,19);5H,1-4H2. The van der Waals surface area contributed by atoms with Crippen molar-refractivity contribution in [3.05, 3.63) is 41.7 Å². The van der Waals surface area contributed by atoms with E-state index >= 15 is 0 Å². The smallest absolute Gasteiger partial charge is 0.345 e. The van der Waals surface area contributed by atoms with Gasteiger partial charge in [0.2, 0.25) is 0 Å². The Morgan fingerprint density at radius 2 is 1.38 bits per heavy atom. The van der Waals surface area contributed by atoms with Crippen LogP contribution >= 0.6 is 0 Å². The van der Waals surface area contributed by atoms with Crippen LogP contribution in [0, 0.1) is 0 Å². The molecule has 0 radical (unpaired) electrons. The SMILES string of the molecule is C1CCNC1.FC(F)(F)c1cc(-c2ncc[nH]2)cc(C(F)(F)F)c1. The summed E-state index contributed by atoms with van der Waals surface area (Å²) >= 11 is 0. The Hall–Kier alpha value is -2.03. The quantitative estimate of drug-likeness (QED) is 0.744. The van der Waals surface area contributed by atoms with Crippen molar-refractivity contribution in [1.82, 2.24) is 15.3 Å². The summed E-state index contributed by atoms with van der Waals surface area (Å²) in [7, 11) is 0. The number of nitrogens with zero attached hydrogens (tertiary/aromatic N) is 1. The fourth-order valence-electron chi connectivity index (χ4n) is 2.14. The zero-order chi connectivity index (χ0) is 17.8. The second kappa shape index (κ2) is 7.25. The summed E-state index contributed by atoms with van der Waals surface area (Å²) in [6, 6.07) is 1.31. The highest BCUT2D eigenvalue weighted by Gasteiger charge is 2.37. The highest BCUT2D eigenvalue weighted by atomic mass is 19.4. The Bertz CT molecular complexity index is 602. The van der Waals surface area contributed by atoms with Crippen LogP contribution in [0.2, 0.25) is 0 Å². The molecule has 1 aromatic carbocycles. The molecule has 0 unspecified atom stereocenters. The van der Waals surface area contributed by atoms with Crippen LogP contribution in [-0.2, 0) is 12.4 Å². The van der Waals surface area contributed by atoms with Crippen molar-refractivity contribution in [2.45, 2.75) is 25.2 Å². The molecule has 2 N–H and O–H groups in total. The van der Waals surface area contributed by atoms with Crippen molar-refractivity contribution in [3.63, 3.8) is 0 Å². The van der Waals surface area contributed by atoms with E-state index in [1.807, 2.05) is 0 Å². The molecule has 9 heteroatoms. The van der Waals surface area contributed by atoms with E-state index in [0.717, 1.165) is 0 Å². The molecule has 3 nitrogen and oxygen atoms in total. The second-order valence-corrected chi connectivity index (χ2v) is 5.19. The number of nitrogens with one attached hydrogen (secondary N) is 2. The van der Waals surface area contributed by atoms with Crippen LogP contribution in [0.1, 0.15) is 24.0 Å². The van der Waals surface area contributed by atoms with Crippen molar-refractivity contribution in [2.75, 3.05) is 13.1 Å². The molecule has 3 rings (SSSR count). The van der Waals surface area contributed by atoms with Gasteiger partial charge in [0, 0.05) is 18.0 Å². The van der Waals surface area contributed by atoms with Gasteiger partial charge >= 0.3 is 12.4 Å². The normalized spacial score (nSPS) is 15.1. The number of rotatable bonds is 1. The maximum absolute atomic E-state index is 12.6. The van der Waals surface area contributed by atoms with E-state index in [0.29, 0.717) is 12.1 Å². The first-order valence-electron chi connectivity index (χ1n) is 7.18. The number of hydrogen-bond donors (Lipinski definition) is 2. The van der Waals surface area contributed by atoms with Gasteiger partial charge in [-0.3, -0.25) is 0 Å².